The van der Waals surface area contributed by atoms with E-state index in [0.29, 0.717) is 10.6 Å². The molecule has 2 N–H and O–H groups in total. The van der Waals surface area contributed by atoms with Gasteiger partial charge in [0.1, 0.15) is 11.3 Å². The highest BCUT2D eigenvalue weighted by Crippen LogP contribution is 2.46. The number of carboxylic acids is 2. The Morgan fingerprint density at radius 2 is 1.26 bits per heavy atom. The minimum Gasteiger partial charge on any atom is -0.478 e. The molecule has 0 bridgehead atoms. The molecule has 0 atom stereocenters. The number of carboxylic acid groups (broad SMARTS) is 2. The molecule has 3 rings (SSSR count). The zero-order valence-electron chi connectivity index (χ0n) is 14.0. The first kappa shape index (κ1) is 18.4. The lowest BCUT2D eigenvalue weighted by Crippen LogP contribution is -2.21. The molecular weight excluding hydrogens is 367 g/mol. The van der Waals surface area contributed by atoms with Crippen molar-refractivity contribution in [3.63, 3.8) is 0 Å². The SMILES string of the molecule is O=C(O)c1ccc(C(=O)O)c(OP(=O)(c2ccccc2)c2ccccc2)c1. The van der Waals surface area contributed by atoms with Gasteiger partial charge in [-0.25, -0.2) is 9.59 Å². The lowest BCUT2D eigenvalue weighted by Gasteiger charge is -2.21. The van der Waals surface area contributed by atoms with E-state index in [4.69, 9.17) is 4.52 Å². The molecule has 0 saturated heterocycles. The fraction of sp³-hybridized carbons (Fsp3) is 0. The van der Waals surface area contributed by atoms with E-state index in [2.05, 4.69) is 0 Å². The molecule has 0 aliphatic heterocycles. The van der Waals surface area contributed by atoms with Gasteiger partial charge in [-0.2, -0.15) is 0 Å². The molecule has 7 heteroatoms. The number of hydrogen-bond donors (Lipinski definition) is 2. The molecule has 0 amide bonds. The molecular formula is C20H15O6P. The molecule has 3 aromatic rings. The average molecular weight is 382 g/mol. The van der Waals surface area contributed by atoms with Crippen LogP contribution in [-0.2, 0) is 4.57 Å². The smallest absolute Gasteiger partial charge is 0.339 e. The van der Waals surface area contributed by atoms with Crippen LogP contribution in [0.25, 0.3) is 0 Å². The number of carbonyl (C=O) groups is 2. The number of hydrogen-bond acceptors (Lipinski definition) is 4. The second kappa shape index (κ2) is 7.48. The van der Waals surface area contributed by atoms with E-state index in [1.165, 1.54) is 0 Å². The van der Waals surface area contributed by atoms with E-state index < -0.39 is 19.3 Å². The normalized spacial score (nSPS) is 11.0. The zero-order valence-corrected chi connectivity index (χ0v) is 14.9. The van der Waals surface area contributed by atoms with Crippen LogP contribution < -0.4 is 15.1 Å². The third-order valence-electron chi connectivity index (χ3n) is 3.88. The van der Waals surface area contributed by atoms with Crippen LogP contribution >= 0.6 is 7.37 Å². The van der Waals surface area contributed by atoms with Gasteiger partial charge < -0.3 is 14.7 Å². The topological polar surface area (TPSA) is 101 Å². The van der Waals surface area contributed by atoms with E-state index in [9.17, 15) is 24.4 Å². The summed E-state index contributed by atoms with van der Waals surface area (Å²) < 4.78 is 19.6. The maximum atomic E-state index is 13.9. The van der Waals surface area contributed by atoms with E-state index in [0.717, 1.165) is 18.2 Å². The Balaban J connectivity index is 2.19. The van der Waals surface area contributed by atoms with Gasteiger partial charge in [0.25, 0.3) is 0 Å². The second-order valence-electron chi connectivity index (χ2n) is 5.64. The van der Waals surface area contributed by atoms with Crippen molar-refractivity contribution < 1.29 is 28.9 Å². The largest absolute Gasteiger partial charge is 0.478 e. The summed E-state index contributed by atoms with van der Waals surface area (Å²) in [5, 5.41) is 19.4. The molecule has 0 unspecified atom stereocenters. The van der Waals surface area contributed by atoms with Gasteiger partial charge in [0.15, 0.2) is 0 Å². The molecule has 3 aromatic carbocycles. The van der Waals surface area contributed by atoms with Crippen molar-refractivity contribution in [3.05, 3.63) is 90.0 Å². The number of rotatable bonds is 6. The minimum atomic E-state index is -3.72. The number of aromatic carboxylic acids is 2. The molecule has 6 nitrogen and oxygen atoms in total. The van der Waals surface area contributed by atoms with Gasteiger partial charge in [-0.1, -0.05) is 36.4 Å². The summed E-state index contributed by atoms with van der Waals surface area (Å²) in [6.07, 6.45) is 0. The maximum absolute atomic E-state index is 13.9. The molecule has 0 aliphatic rings. The molecule has 0 spiro atoms. The Bertz CT molecular complexity index is 987. The van der Waals surface area contributed by atoms with Crippen LogP contribution in [0.2, 0.25) is 0 Å². The highest BCUT2D eigenvalue weighted by molar-refractivity contribution is 7.74. The Morgan fingerprint density at radius 1 is 0.741 bits per heavy atom. The fourth-order valence-corrected chi connectivity index (χ4v) is 4.62. The summed E-state index contributed by atoms with van der Waals surface area (Å²) in [5.41, 5.74) is -0.435. The van der Waals surface area contributed by atoms with Gasteiger partial charge in [0.2, 0.25) is 0 Å². The van der Waals surface area contributed by atoms with Crippen LogP contribution in [0.3, 0.4) is 0 Å². The fourth-order valence-electron chi connectivity index (χ4n) is 2.55. The lowest BCUT2D eigenvalue weighted by molar-refractivity contribution is 0.0679. The quantitative estimate of drug-likeness (QED) is 0.634. The van der Waals surface area contributed by atoms with E-state index >= 15 is 0 Å². The van der Waals surface area contributed by atoms with Crippen molar-refractivity contribution in [3.8, 4) is 5.75 Å². The third kappa shape index (κ3) is 3.76. The lowest BCUT2D eigenvalue weighted by atomic mass is 10.1. The van der Waals surface area contributed by atoms with Gasteiger partial charge in [-0.05, 0) is 42.5 Å². The van der Waals surface area contributed by atoms with Crippen molar-refractivity contribution >= 4 is 29.9 Å². The van der Waals surface area contributed by atoms with Crippen LogP contribution in [0.5, 0.6) is 5.75 Å². The van der Waals surface area contributed by atoms with Crippen LogP contribution in [-0.4, -0.2) is 22.2 Å². The monoisotopic (exact) mass is 382 g/mol. The molecule has 0 fully saturated rings. The van der Waals surface area contributed by atoms with Crippen molar-refractivity contribution in [2.24, 2.45) is 0 Å². The first-order valence-corrected chi connectivity index (χ1v) is 9.56. The van der Waals surface area contributed by atoms with Crippen LogP contribution in [0.15, 0.2) is 78.9 Å². The van der Waals surface area contributed by atoms with Crippen molar-refractivity contribution in [1.29, 1.82) is 0 Å². The molecule has 0 radical (unpaired) electrons. The zero-order chi connectivity index (χ0) is 19.4. The summed E-state index contributed by atoms with van der Waals surface area (Å²) in [5.74, 6) is -2.82. The van der Waals surface area contributed by atoms with E-state index in [1.807, 2.05) is 0 Å². The van der Waals surface area contributed by atoms with E-state index in [-0.39, 0.29) is 16.9 Å². The highest BCUT2D eigenvalue weighted by atomic mass is 31.2. The summed E-state index contributed by atoms with van der Waals surface area (Å²) >= 11 is 0. The van der Waals surface area contributed by atoms with Crippen LogP contribution in [0.1, 0.15) is 20.7 Å². The summed E-state index contributed by atoms with van der Waals surface area (Å²) in [4.78, 5) is 22.8. The first-order chi connectivity index (χ1) is 12.9. The van der Waals surface area contributed by atoms with Gasteiger partial charge in [0.05, 0.1) is 16.2 Å². The number of benzene rings is 3. The Kier molecular flexibility index (Phi) is 5.10. The van der Waals surface area contributed by atoms with Crippen molar-refractivity contribution in [2.75, 3.05) is 0 Å². The van der Waals surface area contributed by atoms with Gasteiger partial charge in [0, 0.05) is 0 Å². The average Bonchev–Trinajstić information content (AvgIpc) is 2.69. The van der Waals surface area contributed by atoms with E-state index in [1.54, 1.807) is 60.7 Å². The van der Waals surface area contributed by atoms with Gasteiger partial charge in [-0.15, -0.1) is 0 Å². The molecule has 0 aromatic heterocycles. The van der Waals surface area contributed by atoms with Gasteiger partial charge >= 0.3 is 19.3 Å². The minimum absolute atomic E-state index is 0.164. The summed E-state index contributed by atoms with van der Waals surface area (Å²) in [6, 6.07) is 20.1. The Hall–Kier alpha value is -3.37. The maximum Gasteiger partial charge on any atom is 0.339 e. The molecule has 136 valence electrons. The summed E-state index contributed by atoms with van der Waals surface area (Å²) in [7, 11) is -3.72. The summed E-state index contributed by atoms with van der Waals surface area (Å²) in [6.45, 7) is 0. The van der Waals surface area contributed by atoms with Crippen LogP contribution in [0.4, 0.5) is 0 Å². The van der Waals surface area contributed by atoms with Crippen molar-refractivity contribution in [2.45, 2.75) is 0 Å². The second-order valence-corrected chi connectivity index (χ2v) is 7.95. The molecule has 0 aliphatic carbocycles. The standard InChI is InChI=1S/C20H15O6P/c21-19(22)14-11-12-17(20(23)24)18(13-14)26-27(25,15-7-3-1-4-8-15)16-9-5-2-6-10-16/h1-13H,(H,21,22)(H,23,24). The first-order valence-electron chi connectivity index (χ1n) is 7.93. The predicted octanol–water partition coefficient (Wildman–Crippen LogP) is 3.39. The Morgan fingerprint density at radius 3 is 1.70 bits per heavy atom. The van der Waals surface area contributed by atoms with Gasteiger partial charge in [-0.3, -0.25) is 4.57 Å². The highest BCUT2D eigenvalue weighted by Gasteiger charge is 2.32. The Labute approximate surface area is 155 Å². The van der Waals surface area contributed by atoms with Crippen LogP contribution in [0, 0.1) is 0 Å². The molecule has 0 heterocycles. The molecule has 27 heavy (non-hydrogen) atoms. The molecule has 0 saturated carbocycles. The third-order valence-corrected chi connectivity index (χ3v) is 6.29. The van der Waals surface area contributed by atoms with Crippen molar-refractivity contribution in [1.82, 2.24) is 0 Å². The predicted molar refractivity (Wildman–Crippen MR) is 101 cm³/mol.